The minimum atomic E-state index is -4.76. The van der Waals surface area contributed by atoms with Crippen LogP contribution < -0.4 is 4.74 Å². The van der Waals surface area contributed by atoms with E-state index in [4.69, 9.17) is 4.74 Å². The zero-order chi connectivity index (χ0) is 26.7. The van der Waals surface area contributed by atoms with Crippen LogP contribution in [-0.4, -0.2) is 51.3 Å². The Labute approximate surface area is 217 Å². The molecule has 10 nitrogen and oxygen atoms in total. The summed E-state index contributed by atoms with van der Waals surface area (Å²) in [5.74, 6) is -0.589. The molecule has 0 radical (unpaired) electrons. The van der Waals surface area contributed by atoms with Crippen molar-refractivity contribution in [1.82, 2.24) is 39.1 Å². The number of imidazole rings is 2. The number of aromatic nitrogens is 8. The third-order valence-corrected chi connectivity index (χ3v) is 5.33. The van der Waals surface area contributed by atoms with Crippen LogP contribution in [0.15, 0.2) is 49.1 Å². The number of aliphatic hydroxyl groups excluding tert-OH is 1. The first-order chi connectivity index (χ1) is 17.7. The Balaban J connectivity index is 0.00000130. The first-order valence-corrected chi connectivity index (χ1v) is 11.5. The summed E-state index contributed by atoms with van der Waals surface area (Å²) in [7, 11) is 1.53. The largest absolute Gasteiger partial charge is 0.497 e. The molecule has 0 aliphatic carbocycles. The maximum absolute atomic E-state index is 13.6. The molecule has 13 heteroatoms. The van der Waals surface area contributed by atoms with Gasteiger partial charge in [-0.05, 0) is 30.7 Å². The number of benzene rings is 1. The van der Waals surface area contributed by atoms with Crippen LogP contribution in [0.5, 0.6) is 5.75 Å². The molecule has 1 atom stereocenters. The van der Waals surface area contributed by atoms with Crippen LogP contribution in [-0.2, 0) is 12.7 Å². The molecule has 0 amide bonds. The molecule has 0 saturated carbocycles. The second-order valence-corrected chi connectivity index (χ2v) is 7.74. The highest BCUT2D eigenvalue weighted by Crippen LogP contribution is 2.34. The highest BCUT2D eigenvalue weighted by molar-refractivity contribution is 5.76. The van der Waals surface area contributed by atoms with Gasteiger partial charge in [-0.25, -0.2) is 24.6 Å². The van der Waals surface area contributed by atoms with Gasteiger partial charge in [0, 0.05) is 6.20 Å². The molecule has 0 bridgehead atoms. The van der Waals surface area contributed by atoms with Gasteiger partial charge in [0.2, 0.25) is 5.78 Å². The van der Waals surface area contributed by atoms with Crippen molar-refractivity contribution in [2.24, 2.45) is 0 Å². The summed E-state index contributed by atoms with van der Waals surface area (Å²) in [6.45, 7) is 5.56. The highest BCUT2D eigenvalue weighted by Gasteiger charge is 2.38. The molecule has 0 fully saturated rings. The average Bonchev–Trinajstić information content (AvgIpc) is 3.63. The number of methoxy groups -OCH3 is 1. The number of rotatable bonds is 6. The molecule has 2 N–H and O–H groups in total. The second kappa shape index (κ2) is 11.4. The average molecular weight is 531 g/mol. The smallest absolute Gasteiger partial charge is 0.453 e. The molecule has 0 aliphatic heterocycles. The third-order valence-electron chi connectivity index (χ3n) is 5.33. The van der Waals surface area contributed by atoms with E-state index in [1.807, 2.05) is 13.8 Å². The first kappa shape index (κ1) is 28.3. The van der Waals surface area contributed by atoms with Gasteiger partial charge in [-0.1, -0.05) is 33.4 Å². The fourth-order valence-electron chi connectivity index (χ4n) is 3.63. The number of aromatic amines is 1. The zero-order valence-electron chi connectivity index (χ0n) is 20.5. The Bertz CT molecular complexity index is 1470. The molecule has 202 valence electrons. The van der Waals surface area contributed by atoms with Gasteiger partial charge >= 0.3 is 6.18 Å². The van der Waals surface area contributed by atoms with E-state index in [0.29, 0.717) is 28.4 Å². The molecule has 4 heterocycles. The Hall–Kier alpha value is -4.26. The maximum Gasteiger partial charge on any atom is 0.453 e. The lowest BCUT2D eigenvalue weighted by Gasteiger charge is -2.07. The number of nitrogens with one attached hydrogen (secondary N) is 1. The molecule has 5 aromatic rings. The molecule has 1 aromatic carbocycles. The molecule has 5 rings (SSSR count). The van der Waals surface area contributed by atoms with Gasteiger partial charge in [0.25, 0.3) is 5.82 Å². The van der Waals surface area contributed by atoms with Crippen LogP contribution in [0.1, 0.15) is 51.4 Å². The van der Waals surface area contributed by atoms with E-state index in [1.54, 1.807) is 47.9 Å². The number of hydrogen-bond acceptors (Lipinski definition) is 7. The summed E-state index contributed by atoms with van der Waals surface area (Å²) in [5, 5.41) is 13.7. The summed E-state index contributed by atoms with van der Waals surface area (Å²) in [4.78, 5) is 19.6. The summed E-state index contributed by atoms with van der Waals surface area (Å²) in [6.07, 6.45) is -1.02. The van der Waals surface area contributed by atoms with E-state index in [1.165, 1.54) is 19.6 Å². The molecular formula is C25H29F3N8O2. The number of H-pyrrole nitrogens is 1. The van der Waals surface area contributed by atoms with E-state index >= 15 is 0 Å². The summed E-state index contributed by atoms with van der Waals surface area (Å²) >= 11 is 0. The Morgan fingerprint density at radius 2 is 1.79 bits per heavy atom. The number of fused-ring (bicyclic) bond motifs is 1. The van der Waals surface area contributed by atoms with Gasteiger partial charge in [-0.3, -0.25) is 4.40 Å². The van der Waals surface area contributed by atoms with Crippen LogP contribution in [0, 0.1) is 0 Å². The minimum absolute atomic E-state index is 0. The number of ether oxygens (including phenoxy) is 1. The van der Waals surface area contributed by atoms with Gasteiger partial charge in [-0.15, -0.1) is 5.10 Å². The fraction of sp³-hybridized carbons (Fsp3) is 0.320. The minimum Gasteiger partial charge on any atom is -0.497 e. The van der Waals surface area contributed by atoms with Crippen LogP contribution in [0.25, 0.3) is 28.7 Å². The van der Waals surface area contributed by atoms with Crippen LogP contribution in [0.3, 0.4) is 0 Å². The summed E-state index contributed by atoms with van der Waals surface area (Å²) < 4.78 is 48.7. The molecular weight excluding hydrogens is 501 g/mol. The summed E-state index contributed by atoms with van der Waals surface area (Å²) in [5.41, 5.74) is 2.07. The topological polar surface area (TPSA) is 119 Å². The predicted molar refractivity (Wildman–Crippen MR) is 135 cm³/mol. The van der Waals surface area contributed by atoms with E-state index < -0.39 is 18.1 Å². The van der Waals surface area contributed by atoms with Crippen molar-refractivity contribution in [3.63, 3.8) is 0 Å². The molecule has 38 heavy (non-hydrogen) atoms. The van der Waals surface area contributed by atoms with Gasteiger partial charge in [0.15, 0.2) is 5.82 Å². The monoisotopic (exact) mass is 530 g/mol. The lowest BCUT2D eigenvalue weighted by molar-refractivity contribution is -0.144. The molecule has 0 saturated heterocycles. The van der Waals surface area contributed by atoms with Gasteiger partial charge in [0.05, 0.1) is 43.7 Å². The van der Waals surface area contributed by atoms with Crippen LogP contribution in [0.2, 0.25) is 0 Å². The standard InChI is InChI=1S/C22H19F3N8O2.C2H6.CH4/c1-12(34)15-7-8-32-18(16-9-26-11-27-16)17(29-21(32)28-15)19-30-20(22(23,24)25)31-33(19)10-13-3-5-14(35-2)6-4-13;1-2;/h3-9,11-12,34H,10H2,1-2H3,(H,26,27);1-2H3;1H4. The molecule has 0 aliphatic rings. The van der Waals surface area contributed by atoms with Gasteiger partial charge in [-0.2, -0.15) is 13.2 Å². The van der Waals surface area contributed by atoms with Crippen LogP contribution >= 0.6 is 0 Å². The lowest BCUT2D eigenvalue weighted by Crippen LogP contribution is -2.09. The lowest BCUT2D eigenvalue weighted by atomic mass is 10.2. The maximum atomic E-state index is 13.6. The quantitative estimate of drug-likeness (QED) is 0.311. The normalized spacial score (nSPS) is 12.0. The first-order valence-electron chi connectivity index (χ1n) is 11.5. The molecule has 0 spiro atoms. The van der Waals surface area contributed by atoms with Crippen molar-refractivity contribution < 1.29 is 23.0 Å². The van der Waals surface area contributed by atoms with Crippen molar-refractivity contribution in [2.45, 2.75) is 47.0 Å². The zero-order valence-corrected chi connectivity index (χ0v) is 20.5. The van der Waals surface area contributed by atoms with Crippen molar-refractivity contribution in [3.05, 3.63) is 66.1 Å². The number of alkyl halides is 3. The van der Waals surface area contributed by atoms with E-state index in [9.17, 15) is 18.3 Å². The number of halogens is 3. The summed E-state index contributed by atoms with van der Waals surface area (Å²) in [6, 6.07) is 8.48. The number of hydrogen-bond donors (Lipinski definition) is 2. The SMILES string of the molecule is C.CC.COc1ccc(Cn2nc(C(F)(F)F)nc2-c2nc3nc(C(C)O)ccn3c2-c2cnc[nH]2)cc1. The van der Waals surface area contributed by atoms with Crippen LogP contribution in [0.4, 0.5) is 13.2 Å². The van der Waals surface area contributed by atoms with E-state index in [2.05, 4.69) is 30.0 Å². The molecule has 1 unspecified atom stereocenters. The Morgan fingerprint density at radius 1 is 1.08 bits per heavy atom. The van der Waals surface area contributed by atoms with Crippen molar-refractivity contribution >= 4 is 5.78 Å². The molecule has 4 aromatic heterocycles. The van der Waals surface area contributed by atoms with Gasteiger partial charge < -0.3 is 14.8 Å². The third kappa shape index (κ3) is 5.52. The van der Waals surface area contributed by atoms with Gasteiger partial charge in [0.1, 0.15) is 17.1 Å². The van der Waals surface area contributed by atoms with E-state index in [0.717, 1.165) is 4.68 Å². The number of aliphatic hydroxyl groups is 1. The van der Waals surface area contributed by atoms with Crippen molar-refractivity contribution in [2.75, 3.05) is 7.11 Å². The van der Waals surface area contributed by atoms with Crippen molar-refractivity contribution in [1.29, 1.82) is 0 Å². The Kier molecular flexibility index (Phi) is 8.51. The van der Waals surface area contributed by atoms with Crippen molar-refractivity contribution in [3.8, 4) is 28.7 Å². The van der Waals surface area contributed by atoms with E-state index in [-0.39, 0.29) is 31.3 Å². The number of nitrogens with zero attached hydrogens (tertiary/aromatic N) is 7. The highest BCUT2D eigenvalue weighted by atomic mass is 19.4. The Morgan fingerprint density at radius 3 is 2.37 bits per heavy atom. The fourth-order valence-corrected chi connectivity index (χ4v) is 3.63. The predicted octanol–water partition coefficient (Wildman–Crippen LogP) is 5.17. The second-order valence-electron chi connectivity index (χ2n) is 7.74.